The molecule has 0 unspecified atom stereocenters. The van der Waals surface area contributed by atoms with Gasteiger partial charge in [-0.1, -0.05) is 133 Å². The van der Waals surface area contributed by atoms with Crippen LogP contribution in [0.15, 0.2) is 199 Å². The molecule has 53 heavy (non-hydrogen) atoms. The van der Waals surface area contributed by atoms with Crippen LogP contribution in [0.3, 0.4) is 0 Å². The first-order valence-electron chi connectivity index (χ1n) is 18.1. The number of benzene rings is 8. The molecule has 0 spiro atoms. The normalized spacial score (nSPS) is 11.8. The highest BCUT2D eigenvalue weighted by Gasteiger charge is 2.16. The molecule has 2 aromatic heterocycles. The van der Waals surface area contributed by atoms with Crippen molar-refractivity contribution >= 4 is 76.1 Å². The summed E-state index contributed by atoms with van der Waals surface area (Å²) < 4.78 is 11.2. The zero-order valence-corrected chi connectivity index (χ0v) is 28.8. The Labute approximate surface area is 305 Å². The van der Waals surface area contributed by atoms with Gasteiger partial charge < -0.3 is 13.6 Å². The summed E-state index contributed by atoms with van der Waals surface area (Å²) in [6.07, 6.45) is 4.37. The van der Waals surface area contributed by atoms with E-state index < -0.39 is 0 Å². The minimum Gasteiger partial charge on any atom is -0.455 e. The molecule has 0 atom stereocenters. The van der Waals surface area contributed by atoms with Crippen molar-refractivity contribution in [2.45, 2.75) is 0 Å². The van der Waals surface area contributed by atoms with E-state index in [0.717, 1.165) is 55.5 Å². The summed E-state index contributed by atoms with van der Waals surface area (Å²) >= 11 is 0. The van der Waals surface area contributed by atoms with E-state index >= 15 is 0 Å². The van der Waals surface area contributed by atoms with Crippen molar-refractivity contribution in [1.82, 2.24) is 9.13 Å². The van der Waals surface area contributed by atoms with Crippen molar-refractivity contribution in [2.24, 2.45) is 0 Å². The number of furan rings is 1. The van der Waals surface area contributed by atoms with Crippen LogP contribution < -0.4 is 0 Å². The maximum atomic E-state index is 6.57. The van der Waals surface area contributed by atoms with Gasteiger partial charge in [-0.25, -0.2) is 0 Å². The highest BCUT2D eigenvalue weighted by Crippen LogP contribution is 2.41. The minimum absolute atomic E-state index is 0.903. The van der Waals surface area contributed by atoms with Gasteiger partial charge in [0, 0.05) is 40.1 Å². The summed E-state index contributed by atoms with van der Waals surface area (Å²) in [6.45, 7) is 0. The first-order valence-corrected chi connectivity index (χ1v) is 18.1. The Morgan fingerprint density at radius 2 is 0.774 bits per heavy atom. The molecule has 0 radical (unpaired) electrons. The number of hydrogen-bond donors (Lipinski definition) is 0. The number of para-hydroxylation sites is 4. The van der Waals surface area contributed by atoms with Crippen molar-refractivity contribution < 1.29 is 4.42 Å². The monoisotopic (exact) mass is 676 g/mol. The Morgan fingerprint density at radius 3 is 1.38 bits per heavy atom. The van der Waals surface area contributed by atoms with E-state index in [1.165, 1.54) is 43.1 Å². The van der Waals surface area contributed by atoms with E-state index in [1.54, 1.807) is 0 Å². The fraction of sp³-hybridized carbons (Fsp3) is 0. The largest absolute Gasteiger partial charge is 0.455 e. The lowest BCUT2D eigenvalue weighted by Crippen LogP contribution is -2.04. The lowest BCUT2D eigenvalue weighted by Gasteiger charge is -2.19. The zero-order valence-electron chi connectivity index (χ0n) is 28.8. The van der Waals surface area contributed by atoms with Gasteiger partial charge in [0.25, 0.3) is 0 Å². The number of rotatable bonds is 3. The smallest absolute Gasteiger partial charge is 0.143 e. The molecule has 0 saturated heterocycles. The minimum atomic E-state index is 0.903. The van der Waals surface area contributed by atoms with Crippen LogP contribution in [0.4, 0.5) is 0 Å². The average molecular weight is 677 g/mol. The summed E-state index contributed by atoms with van der Waals surface area (Å²) in [7, 11) is 0. The third-order valence-electron chi connectivity index (χ3n) is 10.8. The summed E-state index contributed by atoms with van der Waals surface area (Å²) in [5, 5.41) is 11.9. The van der Waals surface area contributed by atoms with Gasteiger partial charge in [0.15, 0.2) is 0 Å². The Hall–Kier alpha value is -7.10. The predicted octanol–water partition coefficient (Wildman–Crippen LogP) is 13.7. The summed E-state index contributed by atoms with van der Waals surface area (Å²) in [4.78, 5) is 0. The first-order chi connectivity index (χ1) is 26.3. The van der Waals surface area contributed by atoms with Gasteiger partial charge in [0.1, 0.15) is 11.2 Å². The fourth-order valence-electron chi connectivity index (χ4n) is 8.38. The molecule has 0 saturated carbocycles. The van der Waals surface area contributed by atoms with Crippen molar-refractivity contribution in [3.8, 4) is 22.5 Å². The van der Waals surface area contributed by atoms with Crippen molar-refractivity contribution in [3.63, 3.8) is 0 Å². The van der Waals surface area contributed by atoms with Gasteiger partial charge in [-0.2, -0.15) is 0 Å². The second-order valence-electron chi connectivity index (χ2n) is 13.7. The second kappa shape index (κ2) is 11.7. The standard InChI is InChI=1S/C50H32N2O/c1-3-14-34(15-4-1)51-28-29-52(35-16-5-2-6-17-35)48-32-46-44-30-33(36-23-13-24-43-42-22-11-12-25-49(42)53-50(36)43)26-27-41(44)39-20-8-7-18-37(39)38-19-9-10-21-40(38)45(46)31-47(48)51/h1-32H. The molecule has 0 aliphatic rings. The quantitative estimate of drug-likeness (QED) is 0.183. The third kappa shape index (κ3) is 4.61. The maximum Gasteiger partial charge on any atom is 0.143 e. The Balaban J connectivity index is 1.35. The van der Waals surface area contributed by atoms with Crippen LogP contribution in [-0.4, -0.2) is 9.13 Å². The highest BCUT2D eigenvalue weighted by atomic mass is 16.3. The highest BCUT2D eigenvalue weighted by molar-refractivity contribution is 6.27. The molecule has 0 fully saturated rings. The molecular weight excluding hydrogens is 645 g/mol. The summed E-state index contributed by atoms with van der Waals surface area (Å²) in [5.41, 5.74) is 8.48. The maximum absolute atomic E-state index is 6.57. The second-order valence-corrected chi connectivity index (χ2v) is 13.7. The van der Waals surface area contributed by atoms with E-state index in [0.29, 0.717) is 0 Å². The lowest BCUT2D eigenvalue weighted by atomic mass is 9.92. The molecule has 9 aromatic carbocycles. The lowest BCUT2D eigenvalue weighted by molar-refractivity contribution is 0.670. The third-order valence-corrected chi connectivity index (χ3v) is 10.8. The van der Waals surface area contributed by atoms with Crippen molar-refractivity contribution in [2.75, 3.05) is 0 Å². The number of aromatic nitrogens is 2. The predicted molar refractivity (Wildman–Crippen MR) is 223 cm³/mol. The van der Waals surface area contributed by atoms with Crippen molar-refractivity contribution in [1.29, 1.82) is 0 Å². The van der Waals surface area contributed by atoms with Crippen LogP contribution >= 0.6 is 0 Å². The van der Waals surface area contributed by atoms with E-state index in [2.05, 4.69) is 197 Å². The van der Waals surface area contributed by atoms with Crippen LogP contribution in [0.25, 0.3) is 98.6 Å². The molecule has 3 heteroatoms. The van der Waals surface area contributed by atoms with Gasteiger partial charge in [-0.05, 0) is 97.2 Å². The first kappa shape index (κ1) is 29.6. The Morgan fingerprint density at radius 1 is 0.321 bits per heavy atom. The van der Waals surface area contributed by atoms with Crippen LogP contribution in [0.1, 0.15) is 0 Å². The number of nitrogens with zero attached hydrogens (tertiary/aromatic N) is 2. The topological polar surface area (TPSA) is 23.0 Å². The molecule has 11 rings (SSSR count). The Bertz CT molecular complexity index is 3270. The molecule has 0 N–H and O–H groups in total. The molecular formula is C50H32N2O. The van der Waals surface area contributed by atoms with Gasteiger partial charge >= 0.3 is 0 Å². The van der Waals surface area contributed by atoms with E-state index in [-0.39, 0.29) is 0 Å². The summed E-state index contributed by atoms with van der Waals surface area (Å²) in [6, 6.07) is 65.6. The SMILES string of the molecule is c1ccc(-n2ccn(-c3ccccc3)c3cc4c5cc(-c6cccc7c6oc6ccccc67)ccc5c5ccccc5c5ccccc5c4cc32)cc1. The van der Waals surface area contributed by atoms with E-state index in [9.17, 15) is 0 Å². The van der Waals surface area contributed by atoms with Crippen LogP contribution in [-0.2, 0) is 0 Å². The van der Waals surface area contributed by atoms with Gasteiger partial charge in [0.05, 0.1) is 11.0 Å². The van der Waals surface area contributed by atoms with Crippen molar-refractivity contribution in [3.05, 3.63) is 194 Å². The van der Waals surface area contributed by atoms with Gasteiger partial charge in [0.2, 0.25) is 0 Å². The van der Waals surface area contributed by atoms with Crippen LogP contribution in [0.2, 0.25) is 0 Å². The molecule has 0 aliphatic carbocycles. The molecule has 0 aliphatic heterocycles. The fourth-order valence-corrected chi connectivity index (χ4v) is 8.38. The zero-order chi connectivity index (χ0) is 34.9. The van der Waals surface area contributed by atoms with Gasteiger partial charge in [-0.15, -0.1) is 0 Å². The summed E-state index contributed by atoms with van der Waals surface area (Å²) in [5.74, 6) is 0. The van der Waals surface area contributed by atoms with Crippen LogP contribution in [0.5, 0.6) is 0 Å². The van der Waals surface area contributed by atoms with E-state index in [4.69, 9.17) is 4.42 Å². The Kier molecular flexibility index (Phi) is 6.55. The van der Waals surface area contributed by atoms with Crippen LogP contribution in [0, 0.1) is 0 Å². The number of hydrogen-bond acceptors (Lipinski definition) is 1. The average Bonchev–Trinajstić information content (AvgIpc) is 3.62. The van der Waals surface area contributed by atoms with E-state index in [1.807, 2.05) is 6.07 Å². The molecule has 2 heterocycles. The van der Waals surface area contributed by atoms with Gasteiger partial charge in [-0.3, -0.25) is 0 Å². The molecule has 0 bridgehead atoms. The molecule has 11 aromatic rings. The molecule has 0 amide bonds. The molecule has 3 nitrogen and oxygen atoms in total. The number of fused-ring (bicyclic) bond motifs is 12. The molecule has 248 valence electrons.